The maximum absolute atomic E-state index is 3.54. The van der Waals surface area contributed by atoms with E-state index in [1.54, 1.807) is 0 Å². The van der Waals surface area contributed by atoms with Crippen LogP contribution in [-0.4, -0.2) is 11.5 Å². The van der Waals surface area contributed by atoms with Crippen molar-refractivity contribution >= 4 is 10.9 Å². The fourth-order valence-corrected chi connectivity index (χ4v) is 2.44. The SMILES string of the molecule is CC.Cc1ccc2[nH]c3c(c2c1)CNCCC3. The lowest BCUT2D eigenvalue weighted by Gasteiger charge is -2.00. The van der Waals surface area contributed by atoms with E-state index < -0.39 is 0 Å². The number of aromatic amines is 1. The summed E-state index contributed by atoms with van der Waals surface area (Å²) in [5.74, 6) is 0. The summed E-state index contributed by atoms with van der Waals surface area (Å²) < 4.78 is 0. The molecule has 2 nitrogen and oxygen atoms in total. The van der Waals surface area contributed by atoms with Crippen molar-refractivity contribution in [2.75, 3.05) is 6.54 Å². The molecule has 0 amide bonds. The Morgan fingerprint density at radius 1 is 1.18 bits per heavy atom. The third-order valence-corrected chi connectivity index (χ3v) is 3.23. The lowest BCUT2D eigenvalue weighted by Crippen LogP contribution is -2.11. The molecular formula is C15H22N2. The van der Waals surface area contributed by atoms with Gasteiger partial charge in [-0.3, -0.25) is 0 Å². The normalized spacial score (nSPS) is 14.8. The average molecular weight is 230 g/mol. The van der Waals surface area contributed by atoms with Crippen molar-refractivity contribution in [2.24, 2.45) is 0 Å². The molecule has 2 N–H and O–H groups in total. The maximum atomic E-state index is 3.54. The molecule has 0 fully saturated rings. The summed E-state index contributed by atoms with van der Waals surface area (Å²) in [7, 11) is 0. The Kier molecular flexibility index (Phi) is 3.85. The third kappa shape index (κ3) is 2.37. The van der Waals surface area contributed by atoms with Gasteiger partial charge in [-0.1, -0.05) is 25.5 Å². The second kappa shape index (κ2) is 5.37. The van der Waals surface area contributed by atoms with Crippen molar-refractivity contribution in [3.05, 3.63) is 35.0 Å². The summed E-state index contributed by atoms with van der Waals surface area (Å²) in [6.07, 6.45) is 2.41. The quantitative estimate of drug-likeness (QED) is 0.712. The summed E-state index contributed by atoms with van der Waals surface area (Å²) in [6.45, 7) is 8.30. The number of nitrogens with one attached hydrogen (secondary N) is 2. The number of hydrogen-bond donors (Lipinski definition) is 2. The summed E-state index contributed by atoms with van der Waals surface area (Å²) >= 11 is 0. The van der Waals surface area contributed by atoms with Crippen LogP contribution in [0.4, 0.5) is 0 Å². The van der Waals surface area contributed by atoms with Crippen molar-refractivity contribution in [3.8, 4) is 0 Å². The zero-order valence-corrected chi connectivity index (χ0v) is 11.1. The number of fused-ring (bicyclic) bond motifs is 3. The first-order valence-corrected chi connectivity index (χ1v) is 6.65. The molecule has 0 radical (unpaired) electrons. The Labute approximate surface area is 103 Å². The molecule has 17 heavy (non-hydrogen) atoms. The molecule has 0 atom stereocenters. The minimum absolute atomic E-state index is 1.01. The van der Waals surface area contributed by atoms with Gasteiger partial charge in [0.05, 0.1) is 0 Å². The molecule has 0 spiro atoms. The molecule has 2 aromatic rings. The van der Waals surface area contributed by atoms with E-state index in [0.29, 0.717) is 0 Å². The monoisotopic (exact) mass is 230 g/mol. The molecule has 1 aliphatic heterocycles. The number of rotatable bonds is 0. The van der Waals surface area contributed by atoms with E-state index in [0.717, 1.165) is 13.1 Å². The molecule has 0 saturated carbocycles. The van der Waals surface area contributed by atoms with Crippen molar-refractivity contribution < 1.29 is 0 Å². The van der Waals surface area contributed by atoms with E-state index in [9.17, 15) is 0 Å². The van der Waals surface area contributed by atoms with Crippen LogP contribution in [0.25, 0.3) is 10.9 Å². The summed E-state index contributed by atoms with van der Waals surface area (Å²) in [4.78, 5) is 3.54. The highest BCUT2D eigenvalue weighted by Crippen LogP contribution is 2.25. The van der Waals surface area contributed by atoms with Crippen molar-refractivity contribution in [2.45, 2.75) is 40.2 Å². The molecular weight excluding hydrogens is 208 g/mol. The molecule has 0 bridgehead atoms. The molecule has 1 aromatic heterocycles. The van der Waals surface area contributed by atoms with Crippen molar-refractivity contribution in [1.82, 2.24) is 10.3 Å². The van der Waals surface area contributed by atoms with Gasteiger partial charge in [-0.2, -0.15) is 0 Å². The number of aryl methyl sites for hydroxylation is 2. The highest BCUT2D eigenvalue weighted by Gasteiger charge is 2.13. The predicted octanol–water partition coefficient (Wildman–Crippen LogP) is 3.54. The predicted molar refractivity (Wildman–Crippen MR) is 74.4 cm³/mol. The molecule has 0 aliphatic carbocycles. The van der Waals surface area contributed by atoms with Crippen LogP contribution in [0.15, 0.2) is 18.2 Å². The Morgan fingerprint density at radius 3 is 2.82 bits per heavy atom. The van der Waals surface area contributed by atoms with Crippen LogP contribution in [0.2, 0.25) is 0 Å². The Hall–Kier alpha value is -1.28. The summed E-state index contributed by atoms with van der Waals surface area (Å²) in [5, 5.41) is 4.88. The first kappa shape index (κ1) is 12.2. The van der Waals surface area contributed by atoms with E-state index in [1.807, 2.05) is 13.8 Å². The summed E-state index contributed by atoms with van der Waals surface area (Å²) in [6, 6.07) is 6.66. The Morgan fingerprint density at radius 2 is 2.00 bits per heavy atom. The smallest absolute Gasteiger partial charge is 0.0459 e. The number of hydrogen-bond acceptors (Lipinski definition) is 1. The summed E-state index contributed by atoms with van der Waals surface area (Å²) in [5.41, 5.74) is 5.54. The van der Waals surface area contributed by atoms with Gasteiger partial charge in [0, 0.05) is 23.1 Å². The first-order valence-electron chi connectivity index (χ1n) is 6.65. The van der Waals surface area contributed by atoms with E-state index in [2.05, 4.69) is 35.4 Å². The second-order valence-electron chi connectivity index (χ2n) is 4.41. The number of H-pyrrole nitrogens is 1. The maximum Gasteiger partial charge on any atom is 0.0459 e. The van der Waals surface area contributed by atoms with Gasteiger partial charge >= 0.3 is 0 Å². The number of benzene rings is 1. The third-order valence-electron chi connectivity index (χ3n) is 3.23. The van der Waals surface area contributed by atoms with Crippen LogP contribution in [0.1, 0.15) is 37.1 Å². The number of aromatic nitrogens is 1. The van der Waals surface area contributed by atoms with Crippen LogP contribution in [0, 0.1) is 6.92 Å². The average Bonchev–Trinajstić information content (AvgIpc) is 2.55. The zero-order valence-electron chi connectivity index (χ0n) is 11.1. The minimum Gasteiger partial charge on any atom is -0.358 e. The zero-order chi connectivity index (χ0) is 12.3. The van der Waals surface area contributed by atoms with Crippen LogP contribution >= 0.6 is 0 Å². The van der Waals surface area contributed by atoms with Crippen LogP contribution in [0.3, 0.4) is 0 Å². The Bertz CT molecular complexity index is 497. The second-order valence-corrected chi connectivity index (χ2v) is 4.41. The Balaban J connectivity index is 0.000000514. The molecule has 92 valence electrons. The lowest BCUT2D eigenvalue weighted by atomic mass is 10.1. The molecule has 1 aliphatic rings. The molecule has 0 saturated heterocycles. The van der Waals surface area contributed by atoms with Gasteiger partial charge in [0.1, 0.15) is 0 Å². The van der Waals surface area contributed by atoms with Crippen molar-refractivity contribution in [1.29, 1.82) is 0 Å². The van der Waals surface area contributed by atoms with Gasteiger partial charge in [-0.25, -0.2) is 0 Å². The van der Waals surface area contributed by atoms with Crippen LogP contribution in [-0.2, 0) is 13.0 Å². The lowest BCUT2D eigenvalue weighted by molar-refractivity contribution is 0.680. The molecule has 2 heterocycles. The highest BCUT2D eigenvalue weighted by molar-refractivity contribution is 5.85. The molecule has 1 aromatic carbocycles. The fraction of sp³-hybridized carbons (Fsp3) is 0.467. The van der Waals surface area contributed by atoms with Gasteiger partial charge in [-0.15, -0.1) is 0 Å². The molecule has 0 unspecified atom stereocenters. The molecule has 2 heteroatoms. The van der Waals surface area contributed by atoms with Gasteiger partial charge in [0.25, 0.3) is 0 Å². The minimum atomic E-state index is 1.01. The molecule has 3 rings (SSSR count). The van der Waals surface area contributed by atoms with E-state index >= 15 is 0 Å². The van der Waals surface area contributed by atoms with E-state index in [1.165, 1.54) is 40.6 Å². The highest BCUT2D eigenvalue weighted by atomic mass is 14.9. The van der Waals surface area contributed by atoms with Gasteiger partial charge < -0.3 is 10.3 Å². The van der Waals surface area contributed by atoms with Gasteiger partial charge in [-0.05, 0) is 44.0 Å². The van der Waals surface area contributed by atoms with E-state index in [-0.39, 0.29) is 0 Å². The van der Waals surface area contributed by atoms with Gasteiger partial charge in [0.2, 0.25) is 0 Å². The van der Waals surface area contributed by atoms with Crippen molar-refractivity contribution in [3.63, 3.8) is 0 Å². The van der Waals surface area contributed by atoms with Crippen LogP contribution < -0.4 is 5.32 Å². The topological polar surface area (TPSA) is 27.8 Å². The fourth-order valence-electron chi connectivity index (χ4n) is 2.44. The van der Waals surface area contributed by atoms with Gasteiger partial charge in [0.15, 0.2) is 0 Å². The van der Waals surface area contributed by atoms with Crippen LogP contribution in [0.5, 0.6) is 0 Å². The largest absolute Gasteiger partial charge is 0.358 e. The first-order chi connectivity index (χ1) is 8.34. The standard InChI is InChI=1S/C13H16N2.C2H6/c1-9-4-5-13-10(7-9)11-8-14-6-2-3-12(11)15-13;1-2/h4-5,7,14-15H,2-3,6,8H2,1H3;1-2H3. The van der Waals surface area contributed by atoms with E-state index in [4.69, 9.17) is 0 Å².